The molecule has 2 atom stereocenters. The molecule has 0 aromatic carbocycles. The van der Waals surface area contributed by atoms with Crippen molar-refractivity contribution in [1.82, 2.24) is 9.80 Å². The summed E-state index contributed by atoms with van der Waals surface area (Å²) in [4.78, 5) is 39.8. The Bertz CT molecular complexity index is 507. The number of likely N-dealkylation sites (tertiary alicyclic amines) is 2. The number of rotatable bonds is 3. The zero-order valence-electron chi connectivity index (χ0n) is 13.6. The molecule has 128 valence electrons. The van der Waals surface area contributed by atoms with Gasteiger partial charge in [-0.3, -0.25) is 14.4 Å². The number of carbonyl (C=O) groups is 3. The minimum absolute atomic E-state index is 0.0605. The zero-order chi connectivity index (χ0) is 16.4. The van der Waals surface area contributed by atoms with Crippen molar-refractivity contribution in [2.75, 3.05) is 26.2 Å². The Hall–Kier alpha value is -1.59. The normalized spacial score (nSPS) is 31.7. The largest absolute Gasteiger partial charge is 0.481 e. The lowest BCUT2D eigenvalue weighted by Gasteiger charge is -2.27. The van der Waals surface area contributed by atoms with Crippen LogP contribution in [0.1, 0.15) is 51.4 Å². The van der Waals surface area contributed by atoms with E-state index in [9.17, 15) is 19.5 Å². The number of aliphatic carboxylic acids is 1. The van der Waals surface area contributed by atoms with E-state index in [1.807, 2.05) is 0 Å². The maximum Gasteiger partial charge on any atom is 0.311 e. The van der Waals surface area contributed by atoms with Crippen LogP contribution in [0.15, 0.2) is 0 Å². The van der Waals surface area contributed by atoms with Gasteiger partial charge in [0.15, 0.2) is 0 Å². The molecule has 1 saturated carbocycles. The van der Waals surface area contributed by atoms with Crippen LogP contribution in [-0.4, -0.2) is 58.9 Å². The number of amides is 2. The average molecular weight is 322 g/mol. The summed E-state index contributed by atoms with van der Waals surface area (Å²) < 4.78 is 0. The maximum atomic E-state index is 12.6. The van der Waals surface area contributed by atoms with E-state index in [2.05, 4.69) is 0 Å². The first-order valence-corrected chi connectivity index (χ1v) is 8.82. The molecule has 0 aromatic heterocycles. The molecule has 0 radical (unpaired) electrons. The molecule has 23 heavy (non-hydrogen) atoms. The van der Waals surface area contributed by atoms with Crippen LogP contribution in [0.2, 0.25) is 0 Å². The van der Waals surface area contributed by atoms with Gasteiger partial charge in [-0.1, -0.05) is 19.3 Å². The van der Waals surface area contributed by atoms with Crippen molar-refractivity contribution in [3.05, 3.63) is 0 Å². The second-order valence-electron chi connectivity index (χ2n) is 7.30. The monoisotopic (exact) mass is 322 g/mol. The van der Waals surface area contributed by atoms with Crippen molar-refractivity contribution in [3.8, 4) is 0 Å². The molecule has 1 aliphatic carbocycles. The highest BCUT2D eigenvalue weighted by Crippen LogP contribution is 2.48. The summed E-state index contributed by atoms with van der Waals surface area (Å²) in [5, 5.41) is 9.60. The molecule has 2 saturated heterocycles. The highest BCUT2D eigenvalue weighted by Gasteiger charge is 2.55. The molecule has 0 unspecified atom stereocenters. The van der Waals surface area contributed by atoms with E-state index in [4.69, 9.17) is 0 Å². The van der Waals surface area contributed by atoms with E-state index in [1.54, 1.807) is 9.80 Å². The van der Waals surface area contributed by atoms with Gasteiger partial charge in [0.1, 0.15) is 0 Å². The first-order valence-electron chi connectivity index (χ1n) is 8.82. The van der Waals surface area contributed by atoms with Crippen molar-refractivity contribution in [2.24, 2.45) is 11.3 Å². The van der Waals surface area contributed by atoms with Crippen LogP contribution in [0.25, 0.3) is 0 Å². The van der Waals surface area contributed by atoms with Crippen molar-refractivity contribution in [3.63, 3.8) is 0 Å². The minimum Gasteiger partial charge on any atom is -0.481 e. The molecule has 2 heterocycles. The van der Waals surface area contributed by atoms with E-state index in [0.717, 1.165) is 38.5 Å². The molecule has 0 spiro atoms. The molecular formula is C17H26N2O4. The quantitative estimate of drug-likeness (QED) is 0.854. The van der Waals surface area contributed by atoms with Crippen molar-refractivity contribution in [2.45, 2.75) is 51.4 Å². The third-order valence-electron chi connectivity index (χ3n) is 5.90. The van der Waals surface area contributed by atoms with Gasteiger partial charge in [0, 0.05) is 26.1 Å². The smallest absolute Gasteiger partial charge is 0.311 e. The molecule has 3 fully saturated rings. The number of hydrogen-bond acceptors (Lipinski definition) is 3. The van der Waals surface area contributed by atoms with Gasteiger partial charge in [-0.05, 0) is 31.6 Å². The summed E-state index contributed by atoms with van der Waals surface area (Å²) in [5.74, 6) is -0.719. The number of fused-ring (bicyclic) bond motifs is 1. The van der Waals surface area contributed by atoms with E-state index in [0.29, 0.717) is 32.5 Å². The Kier molecular flexibility index (Phi) is 4.60. The Morgan fingerprint density at radius 2 is 1.96 bits per heavy atom. The first kappa shape index (κ1) is 16.3. The van der Waals surface area contributed by atoms with Crippen LogP contribution in [0.3, 0.4) is 0 Å². The summed E-state index contributed by atoms with van der Waals surface area (Å²) in [6.45, 7) is 1.61. The molecular weight excluding hydrogens is 296 g/mol. The van der Waals surface area contributed by atoms with Crippen LogP contribution in [0.4, 0.5) is 0 Å². The Balaban J connectivity index is 1.62. The highest BCUT2D eigenvalue weighted by atomic mass is 16.4. The summed E-state index contributed by atoms with van der Waals surface area (Å²) in [7, 11) is 0. The van der Waals surface area contributed by atoms with Gasteiger partial charge in [0.25, 0.3) is 0 Å². The number of nitrogens with zero attached hydrogens (tertiary/aromatic N) is 2. The van der Waals surface area contributed by atoms with Gasteiger partial charge < -0.3 is 14.9 Å². The molecule has 3 aliphatic rings. The molecule has 1 N–H and O–H groups in total. The molecule has 3 rings (SSSR count). The van der Waals surface area contributed by atoms with E-state index in [-0.39, 0.29) is 24.3 Å². The topological polar surface area (TPSA) is 77.9 Å². The number of carboxylic acid groups (broad SMARTS) is 1. The minimum atomic E-state index is -0.766. The number of carbonyl (C=O) groups excluding carboxylic acids is 2. The van der Waals surface area contributed by atoms with Crippen LogP contribution in [0, 0.1) is 11.3 Å². The van der Waals surface area contributed by atoms with Gasteiger partial charge in [-0.2, -0.15) is 0 Å². The SMILES string of the molecule is O=C1CCCCCCN1CC(=O)N1C[C@@H]2CCC[C@@]2(C(=O)O)C1. The van der Waals surface area contributed by atoms with Crippen molar-refractivity contribution >= 4 is 17.8 Å². The molecule has 2 amide bonds. The molecule has 2 aliphatic heterocycles. The van der Waals surface area contributed by atoms with Crippen LogP contribution < -0.4 is 0 Å². The fourth-order valence-corrected chi connectivity index (χ4v) is 4.47. The van der Waals surface area contributed by atoms with Gasteiger partial charge >= 0.3 is 5.97 Å². The fraction of sp³-hybridized carbons (Fsp3) is 0.824. The summed E-state index contributed by atoms with van der Waals surface area (Å²) in [5.41, 5.74) is -0.740. The maximum absolute atomic E-state index is 12.6. The van der Waals surface area contributed by atoms with E-state index >= 15 is 0 Å². The lowest BCUT2D eigenvalue weighted by atomic mass is 9.81. The third kappa shape index (κ3) is 3.08. The van der Waals surface area contributed by atoms with Crippen molar-refractivity contribution < 1.29 is 19.5 Å². The third-order valence-corrected chi connectivity index (χ3v) is 5.90. The lowest BCUT2D eigenvalue weighted by molar-refractivity contribution is -0.150. The molecule has 0 bridgehead atoms. The van der Waals surface area contributed by atoms with Gasteiger partial charge in [0.2, 0.25) is 11.8 Å². The summed E-state index contributed by atoms with van der Waals surface area (Å²) in [6.07, 6.45) is 7.04. The fourth-order valence-electron chi connectivity index (χ4n) is 4.47. The highest BCUT2D eigenvalue weighted by molar-refractivity contribution is 5.86. The molecule has 0 aromatic rings. The summed E-state index contributed by atoms with van der Waals surface area (Å²) in [6, 6.07) is 0. The molecule has 6 nitrogen and oxygen atoms in total. The second kappa shape index (κ2) is 6.49. The van der Waals surface area contributed by atoms with Crippen LogP contribution in [0.5, 0.6) is 0 Å². The molecule has 6 heteroatoms. The zero-order valence-corrected chi connectivity index (χ0v) is 13.6. The predicted octanol–water partition coefficient (Wildman–Crippen LogP) is 1.49. The predicted molar refractivity (Wildman–Crippen MR) is 83.7 cm³/mol. The van der Waals surface area contributed by atoms with Gasteiger partial charge in [-0.25, -0.2) is 0 Å². The van der Waals surface area contributed by atoms with Gasteiger partial charge in [-0.15, -0.1) is 0 Å². The van der Waals surface area contributed by atoms with Gasteiger partial charge in [0.05, 0.1) is 12.0 Å². The standard InChI is InChI=1S/C17H26N2O4/c20-14-7-3-1-2-4-9-18(14)11-15(21)19-10-13-6-5-8-17(13,12-19)16(22)23/h13H,1-12H2,(H,22,23)/t13-,17+/m0/s1. The Morgan fingerprint density at radius 3 is 2.70 bits per heavy atom. The van der Waals surface area contributed by atoms with E-state index < -0.39 is 11.4 Å². The van der Waals surface area contributed by atoms with Crippen LogP contribution in [-0.2, 0) is 14.4 Å². The average Bonchev–Trinajstić information content (AvgIpc) is 3.05. The lowest BCUT2D eigenvalue weighted by Crippen LogP contribution is -2.44. The van der Waals surface area contributed by atoms with Crippen LogP contribution >= 0.6 is 0 Å². The number of hydrogen-bond donors (Lipinski definition) is 1. The first-order chi connectivity index (χ1) is 11.0. The Morgan fingerprint density at radius 1 is 1.17 bits per heavy atom. The Labute approximate surface area is 136 Å². The van der Waals surface area contributed by atoms with Crippen molar-refractivity contribution in [1.29, 1.82) is 0 Å². The number of carboxylic acids is 1. The second-order valence-corrected chi connectivity index (χ2v) is 7.30. The summed E-state index contributed by atoms with van der Waals surface area (Å²) >= 11 is 0. The van der Waals surface area contributed by atoms with E-state index in [1.165, 1.54) is 0 Å².